The molecule has 0 aromatic carbocycles. The van der Waals surface area contributed by atoms with Gasteiger partial charge in [-0.15, -0.1) is 0 Å². The number of unbranched alkanes of at least 4 members (excludes halogenated alkanes) is 31. The predicted molar refractivity (Wildman–Crippen MR) is 251 cm³/mol. The van der Waals surface area contributed by atoms with Crippen LogP contribution in [0, 0.1) is 0 Å². The molecule has 9 nitrogen and oxygen atoms in total. The molecule has 0 saturated carbocycles. The molecule has 0 aliphatic heterocycles. The quantitative estimate of drug-likeness (QED) is 0.0230. The highest BCUT2D eigenvalue weighted by Crippen LogP contribution is 2.43. The number of aliphatic hydroxyl groups is 2. The minimum absolute atomic E-state index is 0.0463. The summed E-state index contributed by atoms with van der Waals surface area (Å²) in [4.78, 5) is 22.8. The Bertz CT molecular complexity index is 997. The van der Waals surface area contributed by atoms with Crippen molar-refractivity contribution in [1.29, 1.82) is 0 Å². The molecule has 4 atom stereocenters. The van der Waals surface area contributed by atoms with Crippen molar-refractivity contribution in [2.24, 2.45) is 5.73 Å². The third-order valence-electron chi connectivity index (χ3n) is 11.3. The van der Waals surface area contributed by atoms with E-state index in [1.54, 1.807) is 6.08 Å². The summed E-state index contributed by atoms with van der Waals surface area (Å²) < 4.78 is 22.1. The Morgan fingerprint density at radius 1 is 0.576 bits per heavy atom. The molecule has 0 saturated heterocycles. The first-order valence-corrected chi connectivity index (χ1v) is 26.5. The van der Waals surface area contributed by atoms with Gasteiger partial charge in [0, 0.05) is 6.54 Å². The van der Waals surface area contributed by atoms with E-state index in [2.05, 4.69) is 31.3 Å². The second-order valence-electron chi connectivity index (χ2n) is 17.2. The molecule has 0 heterocycles. The molecule has 0 aliphatic carbocycles. The van der Waals surface area contributed by atoms with E-state index >= 15 is 0 Å². The van der Waals surface area contributed by atoms with E-state index in [4.69, 9.17) is 14.8 Å². The van der Waals surface area contributed by atoms with Gasteiger partial charge in [-0.05, 0) is 32.1 Å². The van der Waals surface area contributed by atoms with Crippen molar-refractivity contribution in [3.8, 4) is 0 Å². The average Bonchev–Trinajstić information content (AvgIpc) is 3.21. The number of phosphoric ester groups is 1. The van der Waals surface area contributed by atoms with Gasteiger partial charge in [-0.25, -0.2) is 4.57 Å². The highest BCUT2D eigenvalue weighted by Gasteiger charge is 2.27. The molecule has 0 rings (SSSR count). The Labute approximate surface area is 364 Å². The summed E-state index contributed by atoms with van der Waals surface area (Å²) in [6.07, 6.45) is 49.9. The highest BCUT2D eigenvalue weighted by atomic mass is 31.2. The molecule has 1 amide bonds. The van der Waals surface area contributed by atoms with Crippen LogP contribution in [0.3, 0.4) is 0 Å². The normalized spacial score (nSPS) is 14.6. The third kappa shape index (κ3) is 43.4. The number of carbonyl (C=O) groups is 1. The zero-order chi connectivity index (χ0) is 43.3. The van der Waals surface area contributed by atoms with E-state index < -0.39 is 38.6 Å². The van der Waals surface area contributed by atoms with Crippen LogP contribution in [0.1, 0.15) is 245 Å². The maximum absolute atomic E-state index is 12.9. The Hall–Kier alpha value is -1.06. The molecule has 6 N–H and O–H groups in total. The van der Waals surface area contributed by atoms with Crippen molar-refractivity contribution < 1.29 is 33.5 Å². The van der Waals surface area contributed by atoms with E-state index in [9.17, 15) is 24.5 Å². The molecule has 0 aliphatic rings. The van der Waals surface area contributed by atoms with E-state index in [0.29, 0.717) is 12.8 Å². The number of aliphatic hydroxyl groups excluding tert-OH is 2. The molecule has 0 aromatic heterocycles. The van der Waals surface area contributed by atoms with Crippen LogP contribution in [0.4, 0.5) is 0 Å². The molecular formula is C49H97N2O7P. The van der Waals surface area contributed by atoms with Gasteiger partial charge in [0.15, 0.2) is 0 Å². The zero-order valence-electron chi connectivity index (χ0n) is 38.6. The number of hydrogen-bond acceptors (Lipinski definition) is 7. The second kappa shape index (κ2) is 45.0. The lowest BCUT2D eigenvalue weighted by Crippen LogP contribution is -2.46. The number of allylic oxidation sites excluding steroid dienone is 3. The van der Waals surface area contributed by atoms with Crippen LogP contribution >= 0.6 is 7.82 Å². The molecule has 0 aromatic rings. The highest BCUT2D eigenvalue weighted by molar-refractivity contribution is 7.47. The summed E-state index contributed by atoms with van der Waals surface area (Å²) in [6, 6.07) is -0.996. The summed E-state index contributed by atoms with van der Waals surface area (Å²) in [7, 11) is -4.41. The van der Waals surface area contributed by atoms with E-state index in [0.717, 1.165) is 32.1 Å². The molecule has 0 radical (unpaired) electrons. The van der Waals surface area contributed by atoms with Crippen molar-refractivity contribution in [3.63, 3.8) is 0 Å². The summed E-state index contributed by atoms with van der Waals surface area (Å²) in [5.41, 5.74) is 5.38. The fraction of sp³-hybridized carbons (Fsp3) is 0.898. The Morgan fingerprint density at radius 3 is 1.41 bits per heavy atom. The van der Waals surface area contributed by atoms with Gasteiger partial charge >= 0.3 is 7.82 Å². The Kier molecular flexibility index (Phi) is 44.2. The first-order valence-electron chi connectivity index (χ1n) is 25.0. The van der Waals surface area contributed by atoms with Gasteiger partial charge in [0.2, 0.25) is 5.91 Å². The number of hydrogen-bond donors (Lipinski definition) is 5. The van der Waals surface area contributed by atoms with E-state index in [-0.39, 0.29) is 19.6 Å². The van der Waals surface area contributed by atoms with Crippen LogP contribution in [0.25, 0.3) is 0 Å². The van der Waals surface area contributed by atoms with Crippen LogP contribution in [0.15, 0.2) is 24.3 Å². The predicted octanol–water partition coefficient (Wildman–Crippen LogP) is 13.5. The summed E-state index contributed by atoms with van der Waals surface area (Å²) >= 11 is 0. The van der Waals surface area contributed by atoms with Crippen LogP contribution < -0.4 is 11.1 Å². The second-order valence-corrected chi connectivity index (χ2v) is 18.7. The molecule has 4 unspecified atom stereocenters. The van der Waals surface area contributed by atoms with E-state index in [1.807, 2.05) is 6.08 Å². The fourth-order valence-electron chi connectivity index (χ4n) is 7.55. The van der Waals surface area contributed by atoms with Gasteiger partial charge in [-0.1, -0.05) is 231 Å². The molecule has 59 heavy (non-hydrogen) atoms. The van der Waals surface area contributed by atoms with Gasteiger partial charge in [-0.3, -0.25) is 13.8 Å². The van der Waals surface area contributed by atoms with E-state index in [1.165, 1.54) is 180 Å². The number of amides is 1. The van der Waals surface area contributed by atoms with Gasteiger partial charge in [0.25, 0.3) is 0 Å². The summed E-state index contributed by atoms with van der Waals surface area (Å²) in [5.74, 6) is -0.451. The van der Waals surface area contributed by atoms with Crippen molar-refractivity contribution in [2.45, 2.75) is 263 Å². The molecule has 10 heteroatoms. The fourth-order valence-corrected chi connectivity index (χ4v) is 8.31. The van der Waals surface area contributed by atoms with Crippen LogP contribution in [-0.2, 0) is 18.4 Å². The average molecular weight is 857 g/mol. The summed E-state index contributed by atoms with van der Waals surface area (Å²) in [5, 5.41) is 24.1. The number of phosphoric acid groups is 1. The molecule has 350 valence electrons. The smallest absolute Gasteiger partial charge is 0.393 e. The van der Waals surface area contributed by atoms with Gasteiger partial charge < -0.3 is 26.2 Å². The maximum atomic E-state index is 12.9. The topological polar surface area (TPSA) is 151 Å². The van der Waals surface area contributed by atoms with Crippen molar-refractivity contribution in [1.82, 2.24) is 5.32 Å². The van der Waals surface area contributed by atoms with Crippen LogP contribution in [-0.4, -0.2) is 59.0 Å². The first-order chi connectivity index (χ1) is 28.8. The van der Waals surface area contributed by atoms with Crippen LogP contribution in [0.2, 0.25) is 0 Å². The van der Waals surface area contributed by atoms with Crippen molar-refractivity contribution in [2.75, 3.05) is 19.8 Å². The summed E-state index contributed by atoms with van der Waals surface area (Å²) in [6.45, 7) is 3.99. The molecular weight excluding hydrogens is 760 g/mol. The number of rotatable bonds is 47. The Balaban J connectivity index is 4.25. The van der Waals surface area contributed by atoms with Crippen molar-refractivity contribution >= 4 is 13.7 Å². The SMILES string of the molecule is CCCCCCCCCCCCCCCC/C=C/CC/C=C/C(O)C(COP(=O)(O)OCCN)NC(=O)CC(O)CCCCCCCCCCCCCCCCCCC. The zero-order valence-corrected chi connectivity index (χ0v) is 39.5. The lowest BCUT2D eigenvalue weighted by Gasteiger charge is -2.24. The number of nitrogens with two attached hydrogens (primary N) is 1. The standard InChI is InChI=1S/C49H97N2O7P/c1-3-5-7-9-11-13-15-17-19-21-22-23-25-27-29-31-33-35-37-39-41-48(53)47(45-58-59(55,56)57-43-42-50)51-49(54)44-46(52)40-38-36-34-32-30-28-26-24-20-18-16-14-12-10-8-6-4-2/h31,33,39,41,46-48,52-53H,3-30,32,34-38,40,42-45,50H2,1-2H3,(H,51,54)(H,55,56)/b33-31+,41-39+. The number of carbonyl (C=O) groups excluding carboxylic acids is 1. The lowest BCUT2D eigenvalue weighted by molar-refractivity contribution is -0.124. The molecule has 0 bridgehead atoms. The maximum Gasteiger partial charge on any atom is 0.472 e. The molecule has 0 spiro atoms. The monoisotopic (exact) mass is 857 g/mol. The molecule has 0 fully saturated rings. The minimum Gasteiger partial charge on any atom is -0.393 e. The van der Waals surface area contributed by atoms with Crippen molar-refractivity contribution in [3.05, 3.63) is 24.3 Å². The van der Waals surface area contributed by atoms with Gasteiger partial charge in [0.1, 0.15) is 0 Å². The largest absolute Gasteiger partial charge is 0.472 e. The first kappa shape index (κ1) is 57.9. The van der Waals surface area contributed by atoms with Gasteiger partial charge in [-0.2, -0.15) is 0 Å². The minimum atomic E-state index is -4.41. The number of nitrogens with one attached hydrogen (secondary N) is 1. The third-order valence-corrected chi connectivity index (χ3v) is 12.3. The Morgan fingerprint density at radius 2 is 0.966 bits per heavy atom. The van der Waals surface area contributed by atoms with Crippen LogP contribution in [0.5, 0.6) is 0 Å². The van der Waals surface area contributed by atoms with Gasteiger partial charge in [0.05, 0.1) is 37.9 Å². The lowest BCUT2D eigenvalue weighted by atomic mass is 10.0.